The average Bonchev–Trinajstić information content (AvgIpc) is 2.74. The molecule has 0 fully saturated rings. The monoisotopic (exact) mass is 271 g/mol. The Morgan fingerprint density at radius 1 is 1.61 bits per heavy atom. The first-order chi connectivity index (χ1) is 8.34. The molecule has 1 atom stereocenters. The summed E-state index contributed by atoms with van der Waals surface area (Å²) in [6.07, 6.45) is 0. The van der Waals surface area contributed by atoms with E-state index in [1.807, 2.05) is 5.38 Å². The van der Waals surface area contributed by atoms with Crippen molar-refractivity contribution in [2.24, 2.45) is 5.73 Å². The SMILES string of the molecule is COCC(N)C(=O)NCc1nc(C(C)(C)C)cs1. The molecule has 0 aliphatic carbocycles. The number of nitrogens with zero attached hydrogens (tertiary/aromatic N) is 1. The third-order valence-electron chi connectivity index (χ3n) is 2.42. The van der Waals surface area contributed by atoms with E-state index in [1.165, 1.54) is 7.11 Å². The van der Waals surface area contributed by atoms with Crippen LogP contribution in [0.15, 0.2) is 5.38 Å². The standard InChI is InChI=1S/C12H21N3O2S/c1-12(2,3)9-7-18-10(15-9)5-14-11(16)8(13)6-17-4/h7-8H,5-6,13H2,1-4H3,(H,14,16). The van der Waals surface area contributed by atoms with E-state index in [4.69, 9.17) is 10.5 Å². The number of aromatic nitrogens is 1. The Morgan fingerprint density at radius 3 is 2.78 bits per heavy atom. The second-order valence-corrected chi connectivity index (χ2v) is 6.10. The van der Waals surface area contributed by atoms with Gasteiger partial charge in [-0.2, -0.15) is 0 Å². The summed E-state index contributed by atoms with van der Waals surface area (Å²) in [7, 11) is 1.52. The van der Waals surface area contributed by atoms with Gasteiger partial charge in [-0.15, -0.1) is 11.3 Å². The lowest BCUT2D eigenvalue weighted by atomic mass is 9.93. The van der Waals surface area contributed by atoms with Crippen molar-refractivity contribution >= 4 is 17.2 Å². The number of methoxy groups -OCH3 is 1. The van der Waals surface area contributed by atoms with Crippen LogP contribution in [-0.2, 0) is 21.5 Å². The fraction of sp³-hybridized carbons (Fsp3) is 0.667. The molecule has 18 heavy (non-hydrogen) atoms. The lowest BCUT2D eigenvalue weighted by Gasteiger charge is -2.14. The predicted molar refractivity (Wildman–Crippen MR) is 72.5 cm³/mol. The minimum atomic E-state index is -0.628. The Balaban J connectivity index is 2.49. The lowest BCUT2D eigenvalue weighted by Crippen LogP contribution is -2.43. The molecular formula is C12H21N3O2S. The van der Waals surface area contributed by atoms with Crippen LogP contribution in [-0.4, -0.2) is 30.6 Å². The van der Waals surface area contributed by atoms with Crippen LogP contribution >= 0.6 is 11.3 Å². The van der Waals surface area contributed by atoms with Gasteiger partial charge in [-0.1, -0.05) is 20.8 Å². The highest BCUT2D eigenvalue weighted by Gasteiger charge is 2.18. The first-order valence-corrected chi connectivity index (χ1v) is 6.69. The first kappa shape index (κ1) is 15.1. The van der Waals surface area contributed by atoms with Crippen LogP contribution in [0.2, 0.25) is 0 Å². The van der Waals surface area contributed by atoms with Crippen LogP contribution < -0.4 is 11.1 Å². The summed E-state index contributed by atoms with van der Waals surface area (Å²) in [6, 6.07) is -0.628. The van der Waals surface area contributed by atoms with Gasteiger partial charge in [0.1, 0.15) is 11.0 Å². The Morgan fingerprint density at radius 2 is 2.28 bits per heavy atom. The molecule has 1 amide bonds. The quantitative estimate of drug-likeness (QED) is 0.838. The van der Waals surface area contributed by atoms with Gasteiger partial charge in [0.15, 0.2) is 0 Å². The van der Waals surface area contributed by atoms with Gasteiger partial charge in [0.2, 0.25) is 5.91 Å². The minimum Gasteiger partial charge on any atom is -0.383 e. The highest BCUT2D eigenvalue weighted by Crippen LogP contribution is 2.23. The van der Waals surface area contributed by atoms with Gasteiger partial charge in [-0.25, -0.2) is 4.98 Å². The molecule has 5 nitrogen and oxygen atoms in total. The maximum atomic E-state index is 11.6. The summed E-state index contributed by atoms with van der Waals surface area (Å²) >= 11 is 1.55. The topological polar surface area (TPSA) is 77.2 Å². The molecule has 0 aliphatic rings. The maximum Gasteiger partial charge on any atom is 0.239 e. The van der Waals surface area contributed by atoms with Crippen LogP contribution in [0.25, 0.3) is 0 Å². The fourth-order valence-electron chi connectivity index (χ4n) is 1.29. The summed E-state index contributed by atoms with van der Waals surface area (Å²) in [6.45, 7) is 6.96. The maximum absolute atomic E-state index is 11.6. The van der Waals surface area contributed by atoms with E-state index in [0.29, 0.717) is 6.54 Å². The van der Waals surface area contributed by atoms with Crippen LogP contribution in [0.1, 0.15) is 31.5 Å². The summed E-state index contributed by atoms with van der Waals surface area (Å²) < 4.78 is 4.83. The zero-order valence-corrected chi connectivity index (χ0v) is 12.1. The summed E-state index contributed by atoms with van der Waals surface area (Å²) in [5.41, 5.74) is 6.69. The van der Waals surface area contributed by atoms with Gasteiger partial charge in [0.25, 0.3) is 0 Å². The van der Waals surface area contributed by atoms with Crippen molar-refractivity contribution in [3.8, 4) is 0 Å². The number of rotatable bonds is 5. The second kappa shape index (κ2) is 6.26. The number of nitrogens with one attached hydrogen (secondary N) is 1. The second-order valence-electron chi connectivity index (χ2n) is 5.16. The zero-order valence-electron chi connectivity index (χ0n) is 11.3. The van der Waals surface area contributed by atoms with Crippen LogP contribution in [0.3, 0.4) is 0 Å². The largest absolute Gasteiger partial charge is 0.383 e. The number of thiazole rings is 1. The molecule has 1 heterocycles. The third kappa shape index (κ3) is 4.36. The third-order valence-corrected chi connectivity index (χ3v) is 3.27. The smallest absolute Gasteiger partial charge is 0.239 e. The molecule has 1 aromatic heterocycles. The van der Waals surface area contributed by atoms with Crippen molar-refractivity contribution < 1.29 is 9.53 Å². The number of ether oxygens (including phenoxy) is 1. The van der Waals surface area contributed by atoms with E-state index >= 15 is 0 Å². The minimum absolute atomic E-state index is 0.0329. The molecule has 0 aromatic carbocycles. The van der Waals surface area contributed by atoms with Crippen molar-refractivity contribution in [1.82, 2.24) is 10.3 Å². The summed E-state index contributed by atoms with van der Waals surface area (Å²) in [5.74, 6) is -0.218. The number of hydrogen-bond acceptors (Lipinski definition) is 5. The molecule has 0 saturated heterocycles. The predicted octanol–water partition coefficient (Wildman–Crippen LogP) is 1.03. The van der Waals surface area contributed by atoms with Gasteiger partial charge in [-0.05, 0) is 0 Å². The van der Waals surface area contributed by atoms with Gasteiger partial charge in [-0.3, -0.25) is 4.79 Å². The number of hydrogen-bond donors (Lipinski definition) is 2. The summed E-state index contributed by atoms with van der Waals surface area (Å²) in [4.78, 5) is 16.1. The molecule has 1 aromatic rings. The van der Waals surface area contributed by atoms with Crippen molar-refractivity contribution in [1.29, 1.82) is 0 Å². The highest BCUT2D eigenvalue weighted by molar-refractivity contribution is 7.09. The molecule has 1 rings (SSSR count). The number of carbonyl (C=O) groups is 1. The van der Waals surface area contributed by atoms with Crippen molar-refractivity contribution in [3.05, 3.63) is 16.1 Å². The Hall–Kier alpha value is -0.980. The van der Waals surface area contributed by atoms with E-state index in [0.717, 1.165) is 10.7 Å². The molecule has 0 radical (unpaired) electrons. The zero-order chi connectivity index (χ0) is 13.8. The molecule has 0 aliphatic heterocycles. The van der Waals surface area contributed by atoms with Crippen molar-refractivity contribution in [3.63, 3.8) is 0 Å². The molecule has 1 unspecified atom stereocenters. The number of nitrogens with two attached hydrogens (primary N) is 1. The molecule has 0 spiro atoms. The molecule has 0 saturated carbocycles. The van der Waals surface area contributed by atoms with Gasteiger partial charge >= 0.3 is 0 Å². The Labute approximate surface area is 112 Å². The van der Waals surface area contributed by atoms with Gasteiger partial charge in [0.05, 0.1) is 18.8 Å². The van der Waals surface area contributed by atoms with Crippen LogP contribution in [0, 0.1) is 0 Å². The van der Waals surface area contributed by atoms with Crippen LogP contribution in [0.4, 0.5) is 0 Å². The molecule has 3 N–H and O–H groups in total. The van der Waals surface area contributed by atoms with E-state index in [1.54, 1.807) is 11.3 Å². The lowest BCUT2D eigenvalue weighted by molar-refractivity contribution is -0.123. The molecular weight excluding hydrogens is 250 g/mol. The van der Waals surface area contributed by atoms with Crippen molar-refractivity contribution in [2.45, 2.75) is 38.8 Å². The molecule has 0 bridgehead atoms. The van der Waals surface area contributed by atoms with Crippen LogP contribution in [0.5, 0.6) is 0 Å². The number of carbonyl (C=O) groups excluding carboxylic acids is 1. The normalized spacial score (nSPS) is 13.4. The molecule has 6 heteroatoms. The van der Waals surface area contributed by atoms with E-state index in [2.05, 4.69) is 31.1 Å². The average molecular weight is 271 g/mol. The van der Waals surface area contributed by atoms with E-state index in [-0.39, 0.29) is 17.9 Å². The Bertz CT molecular complexity index is 398. The fourth-order valence-corrected chi connectivity index (χ4v) is 2.25. The Kier molecular flexibility index (Phi) is 5.25. The van der Waals surface area contributed by atoms with Gasteiger partial charge in [0, 0.05) is 17.9 Å². The first-order valence-electron chi connectivity index (χ1n) is 5.81. The molecule has 102 valence electrons. The van der Waals surface area contributed by atoms with E-state index < -0.39 is 6.04 Å². The highest BCUT2D eigenvalue weighted by atomic mass is 32.1. The van der Waals surface area contributed by atoms with E-state index in [9.17, 15) is 4.79 Å². The van der Waals surface area contributed by atoms with Gasteiger partial charge < -0.3 is 15.8 Å². The number of amides is 1. The van der Waals surface area contributed by atoms with Crippen molar-refractivity contribution in [2.75, 3.05) is 13.7 Å². The summed E-state index contributed by atoms with van der Waals surface area (Å²) in [5, 5.41) is 5.66.